The number of hydrogen-bond acceptors (Lipinski definition) is 4. The molecule has 0 unspecified atom stereocenters. The van der Waals surface area contributed by atoms with Crippen LogP contribution in [0.2, 0.25) is 0 Å². The largest absolute Gasteiger partial charge is 0.296 e. The first-order valence-corrected chi connectivity index (χ1v) is 22.7. The SMILES string of the molecule is Cc1nc(C)n2c3ccccc3c3ncc(-c4ccccc4-c4cc(-c5ccccc5-c5ccc(-c6ccccc6)nc5)cc(-c5ccccc5-c5ccc(-c6ccccc6)nc5)c4)cc3c12. The van der Waals surface area contributed by atoms with Gasteiger partial charge in [0, 0.05) is 57.2 Å². The molecule has 0 aliphatic carbocycles. The summed E-state index contributed by atoms with van der Waals surface area (Å²) in [6, 6.07) is 73.2. The van der Waals surface area contributed by atoms with Crippen LogP contribution >= 0.6 is 0 Å². The number of nitrogens with zero attached hydrogens (tertiary/aromatic N) is 5. The van der Waals surface area contributed by atoms with Gasteiger partial charge in [0.15, 0.2) is 0 Å². The van der Waals surface area contributed by atoms with Gasteiger partial charge in [-0.15, -0.1) is 0 Å². The van der Waals surface area contributed by atoms with Crippen LogP contribution in [-0.2, 0) is 0 Å². The Bertz CT molecular complexity index is 3650. The third-order valence-electron chi connectivity index (χ3n) is 13.0. The van der Waals surface area contributed by atoms with Gasteiger partial charge in [-0.2, -0.15) is 0 Å². The molecule has 0 atom stereocenters. The highest BCUT2D eigenvalue weighted by Crippen LogP contribution is 2.43. The molecule has 0 amide bonds. The van der Waals surface area contributed by atoms with Crippen LogP contribution in [0, 0.1) is 13.8 Å². The van der Waals surface area contributed by atoms with Crippen LogP contribution in [-0.4, -0.2) is 24.3 Å². The minimum absolute atomic E-state index is 0.946. The maximum Gasteiger partial charge on any atom is 0.110 e. The molecule has 7 aromatic carbocycles. The van der Waals surface area contributed by atoms with Crippen LogP contribution in [0.3, 0.4) is 0 Å². The van der Waals surface area contributed by atoms with Crippen molar-refractivity contribution in [1.82, 2.24) is 24.3 Å². The Kier molecular flexibility index (Phi) is 9.88. The second kappa shape index (κ2) is 16.6. The van der Waals surface area contributed by atoms with E-state index in [9.17, 15) is 0 Å². The van der Waals surface area contributed by atoms with Crippen molar-refractivity contribution in [1.29, 1.82) is 0 Å². The van der Waals surface area contributed by atoms with E-state index in [1.165, 1.54) is 0 Å². The third kappa shape index (κ3) is 7.14. The van der Waals surface area contributed by atoms with E-state index in [1.54, 1.807) is 0 Å². The lowest BCUT2D eigenvalue weighted by molar-refractivity contribution is 1.07. The predicted molar refractivity (Wildman–Crippen MR) is 277 cm³/mol. The molecular formula is C62H43N5. The molecule has 0 aliphatic heterocycles. The van der Waals surface area contributed by atoms with Gasteiger partial charge >= 0.3 is 0 Å². The molecule has 5 heteroatoms. The van der Waals surface area contributed by atoms with Gasteiger partial charge in [0.05, 0.1) is 33.6 Å². The molecule has 0 spiro atoms. The molecule has 0 aliphatic rings. The molecule has 5 aromatic heterocycles. The smallest absolute Gasteiger partial charge is 0.110 e. The van der Waals surface area contributed by atoms with Crippen molar-refractivity contribution in [3.8, 4) is 89.3 Å². The van der Waals surface area contributed by atoms with E-state index in [4.69, 9.17) is 19.9 Å². The zero-order valence-corrected chi connectivity index (χ0v) is 37.1. The number of benzene rings is 7. The fourth-order valence-corrected chi connectivity index (χ4v) is 9.87. The standard InChI is InChI=1S/C62H43N5/c1-40-62-57-36-49(39-65-61(57)56-27-15-16-28-60(56)67(62)41(2)66-40)55-26-14-13-25-54(55)48-34-46(52-23-11-9-21-50(52)44-29-31-58(63-37-44)42-17-5-3-6-18-42)33-47(35-48)53-24-12-10-22-51(53)45-30-32-59(64-38-45)43-19-7-4-8-20-43/h3-39H,1-2H3. The predicted octanol–water partition coefficient (Wildman–Crippen LogP) is 15.8. The van der Waals surface area contributed by atoms with Crippen molar-refractivity contribution in [3.05, 3.63) is 236 Å². The summed E-state index contributed by atoms with van der Waals surface area (Å²) in [6.45, 7) is 4.18. The molecule has 67 heavy (non-hydrogen) atoms. The lowest BCUT2D eigenvalue weighted by atomic mass is 9.86. The number of pyridine rings is 4. The van der Waals surface area contributed by atoms with Crippen molar-refractivity contribution >= 4 is 27.3 Å². The van der Waals surface area contributed by atoms with E-state index >= 15 is 0 Å². The maximum absolute atomic E-state index is 5.24. The molecule has 0 fully saturated rings. The second-order valence-electron chi connectivity index (χ2n) is 17.1. The summed E-state index contributed by atoms with van der Waals surface area (Å²) in [5.41, 5.74) is 21.4. The van der Waals surface area contributed by atoms with Gasteiger partial charge in [-0.25, -0.2) is 4.98 Å². The summed E-state index contributed by atoms with van der Waals surface area (Å²) in [7, 11) is 0. The molecule has 0 saturated carbocycles. The second-order valence-corrected chi connectivity index (χ2v) is 17.1. The van der Waals surface area contributed by atoms with E-state index < -0.39 is 0 Å². The van der Waals surface area contributed by atoms with Crippen molar-refractivity contribution in [2.75, 3.05) is 0 Å². The molecule has 5 heterocycles. The zero-order valence-electron chi connectivity index (χ0n) is 37.1. The molecule has 5 nitrogen and oxygen atoms in total. The van der Waals surface area contributed by atoms with Crippen LogP contribution in [0.5, 0.6) is 0 Å². The number of rotatable bonds is 8. The quantitative estimate of drug-likeness (QED) is 0.143. The van der Waals surface area contributed by atoms with Gasteiger partial charge in [-0.3, -0.25) is 19.4 Å². The summed E-state index contributed by atoms with van der Waals surface area (Å²) < 4.78 is 2.28. The van der Waals surface area contributed by atoms with Crippen LogP contribution in [0.4, 0.5) is 0 Å². The van der Waals surface area contributed by atoms with Crippen LogP contribution < -0.4 is 0 Å². The number of aryl methyl sites for hydroxylation is 2. The van der Waals surface area contributed by atoms with E-state index in [2.05, 4.69) is 212 Å². The summed E-state index contributed by atoms with van der Waals surface area (Å²) >= 11 is 0. The van der Waals surface area contributed by atoms with Crippen LogP contribution in [0.15, 0.2) is 225 Å². The number of hydrogen-bond donors (Lipinski definition) is 0. The molecule has 12 aromatic rings. The van der Waals surface area contributed by atoms with Gasteiger partial charge < -0.3 is 0 Å². The normalized spacial score (nSPS) is 11.4. The molecule has 0 saturated heterocycles. The molecule has 12 rings (SSSR count). The monoisotopic (exact) mass is 857 g/mol. The van der Waals surface area contributed by atoms with Crippen molar-refractivity contribution in [2.45, 2.75) is 13.8 Å². The van der Waals surface area contributed by atoms with Crippen molar-refractivity contribution in [3.63, 3.8) is 0 Å². The lowest BCUT2D eigenvalue weighted by Crippen LogP contribution is -1.96. The van der Waals surface area contributed by atoms with E-state index in [0.29, 0.717) is 0 Å². The van der Waals surface area contributed by atoms with Crippen LogP contribution in [0.1, 0.15) is 11.5 Å². The van der Waals surface area contributed by atoms with Gasteiger partial charge in [-0.05, 0) is 106 Å². The Balaban J connectivity index is 1.05. The van der Waals surface area contributed by atoms with Gasteiger partial charge in [0.2, 0.25) is 0 Å². The highest BCUT2D eigenvalue weighted by atomic mass is 15.0. The highest BCUT2D eigenvalue weighted by Gasteiger charge is 2.19. The lowest BCUT2D eigenvalue weighted by Gasteiger charge is -2.18. The van der Waals surface area contributed by atoms with E-state index in [-0.39, 0.29) is 0 Å². The van der Waals surface area contributed by atoms with Crippen LogP contribution in [0.25, 0.3) is 117 Å². The molecule has 0 N–H and O–H groups in total. The minimum atomic E-state index is 0.946. The summed E-state index contributed by atoms with van der Waals surface area (Å²) in [6.07, 6.45) is 6.04. The fraction of sp³-hybridized carbons (Fsp3) is 0.0323. The minimum Gasteiger partial charge on any atom is -0.296 e. The highest BCUT2D eigenvalue weighted by molar-refractivity contribution is 6.12. The Labute approximate surface area is 389 Å². The first-order chi connectivity index (χ1) is 33.1. The maximum atomic E-state index is 5.24. The van der Waals surface area contributed by atoms with Crippen molar-refractivity contribution < 1.29 is 0 Å². The zero-order chi connectivity index (χ0) is 44.8. The fourth-order valence-electron chi connectivity index (χ4n) is 9.87. The Hall–Kier alpha value is -8.80. The van der Waals surface area contributed by atoms with Gasteiger partial charge in [-0.1, -0.05) is 164 Å². The number of imidazole rings is 1. The Morgan fingerprint density at radius 2 is 0.746 bits per heavy atom. The average molecular weight is 858 g/mol. The molecule has 0 radical (unpaired) electrons. The Morgan fingerprint density at radius 3 is 1.22 bits per heavy atom. The first kappa shape index (κ1) is 39.8. The third-order valence-corrected chi connectivity index (χ3v) is 13.0. The van der Waals surface area contributed by atoms with Crippen molar-refractivity contribution in [2.24, 2.45) is 0 Å². The first-order valence-electron chi connectivity index (χ1n) is 22.7. The summed E-state index contributed by atoms with van der Waals surface area (Å²) in [5.74, 6) is 0.965. The summed E-state index contributed by atoms with van der Waals surface area (Å²) in [4.78, 5) is 20.1. The van der Waals surface area contributed by atoms with E-state index in [1.807, 2.05) is 30.7 Å². The topological polar surface area (TPSA) is 56.0 Å². The van der Waals surface area contributed by atoms with E-state index in [0.717, 1.165) is 128 Å². The number of fused-ring (bicyclic) bond motifs is 6. The Morgan fingerprint density at radius 1 is 0.328 bits per heavy atom. The molecule has 316 valence electrons. The number of para-hydroxylation sites is 1. The van der Waals surface area contributed by atoms with Gasteiger partial charge in [0.25, 0.3) is 0 Å². The molecule has 0 bridgehead atoms. The number of aromatic nitrogens is 5. The summed E-state index contributed by atoms with van der Waals surface area (Å²) in [5, 5.41) is 2.19. The average Bonchev–Trinajstić information content (AvgIpc) is 3.72. The molecular weight excluding hydrogens is 815 g/mol. The van der Waals surface area contributed by atoms with Gasteiger partial charge in [0.1, 0.15) is 5.82 Å².